The summed E-state index contributed by atoms with van der Waals surface area (Å²) < 4.78 is 35.9. The second-order valence-electron chi connectivity index (χ2n) is 9.90. The molecule has 0 aliphatic carbocycles. The third-order valence-electron chi connectivity index (χ3n) is 6.33. The number of thiazole rings is 1. The molecule has 194 valence electrons. The quantitative estimate of drug-likeness (QED) is 0.426. The predicted octanol–water partition coefficient (Wildman–Crippen LogP) is 1.92. The van der Waals surface area contributed by atoms with Gasteiger partial charge in [-0.1, -0.05) is 12.7 Å². The maximum atomic E-state index is 12.3. The first-order chi connectivity index (χ1) is 16.6. The first-order valence-electron chi connectivity index (χ1n) is 11.7. The Hall–Kier alpha value is -1.48. The van der Waals surface area contributed by atoms with E-state index >= 15 is 0 Å². The molecule has 4 fully saturated rings. The average molecular weight is 513 g/mol. The number of carbonyl (C=O) groups is 1. The van der Waals surface area contributed by atoms with Crippen LogP contribution in [0.5, 0.6) is 0 Å². The highest BCUT2D eigenvalue weighted by molar-refractivity contribution is 7.09. The normalized spacial score (nSPS) is 38.0. The molecule has 0 aromatic carbocycles. The maximum Gasteiger partial charge on any atom is 0.358 e. The SMILES string of the molecule is C=CCOC(=O)c1csc(C2CC(CO)ON2[C@H]2O[C@H]([C@H]3COC(C)(C)O3)[C@@H]3OC(C)(C)O[C@@H]32)n1. The summed E-state index contributed by atoms with van der Waals surface area (Å²) in [5.74, 6) is -2.06. The molecule has 5 heterocycles. The van der Waals surface area contributed by atoms with Crippen LogP contribution in [0.3, 0.4) is 0 Å². The molecule has 35 heavy (non-hydrogen) atoms. The number of nitrogens with zero attached hydrogens (tertiary/aromatic N) is 2. The van der Waals surface area contributed by atoms with Crippen molar-refractivity contribution in [2.45, 2.75) is 88.5 Å². The summed E-state index contributed by atoms with van der Waals surface area (Å²) in [7, 11) is 0. The van der Waals surface area contributed by atoms with Gasteiger partial charge in [-0.2, -0.15) is 0 Å². The standard InChI is InChI=1S/C23H32N2O9S/c1-6-7-28-21(27)13-11-35-19(24-13)14-8-12(9-26)34-25(14)20-18-17(32-23(4,5)33-18)16(30-20)15-10-29-22(2,3)31-15/h6,11-12,14-18,20,26H,1,7-10H2,2-5H3/t12?,14?,15-,16-,17+,18+,20+/m1/s1. The van der Waals surface area contributed by atoms with Crippen LogP contribution in [0.25, 0.3) is 0 Å². The first kappa shape index (κ1) is 25.2. The number of esters is 1. The minimum Gasteiger partial charge on any atom is -0.457 e. The molecule has 1 N–H and O–H groups in total. The minimum absolute atomic E-state index is 0.105. The molecule has 1 aromatic heterocycles. The number of aromatic nitrogens is 1. The zero-order valence-electron chi connectivity index (χ0n) is 20.2. The molecule has 5 rings (SSSR count). The molecule has 0 amide bonds. The number of hydroxylamine groups is 2. The van der Waals surface area contributed by atoms with Crippen molar-refractivity contribution >= 4 is 17.3 Å². The van der Waals surface area contributed by atoms with Crippen LogP contribution < -0.4 is 0 Å². The number of aliphatic hydroxyl groups excluding tert-OH is 1. The topological polar surface area (TPSA) is 118 Å². The summed E-state index contributed by atoms with van der Waals surface area (Å²) >= 11 is 1.32. The number of rotatable bonds is 7. The zero-order valence-corrected chi connectivity index (χ0v) is 21.1. The maximum absolute atomic E-state index is 12.3. The van der Waals surface area contributed by atoms with Crippen molar-refractivity contribution in [1.29, 1.82) is 0 Å². The fraction of sp³-hybridized carbons (Fsp3) is 0.739. The largest absolute Gasteiger partial charge is 0.457 e. The second kappa shape index (κ2) is 9.43. The van der Waals surface area contributed by atoms with E-state index in [1.54, 1.807) is 10.4 Å². The Bertz CT molecular complexity index is 953. The monoisotopic (exact) mass is 512 g/mol. The van der Waals surface area contributed by atoms with Gasteiger partial charge in [-0.25, -0.2) is 9.78 Å². The molecule has 4 saturated heterocycles. The smallest absolute Gasteiger partial charge is 0.358 e. The van der Waals surface area contributed by atoms with Gasteiger partial charge in [0.15, 0.2) is 23.5 Å². The summed E-state index contributed by atoms with van der Waals surface area (Å²) in [4.78, 5) is 22.9. The summed E-state index contributed by atoms with van der Waals surface area (Å²) in [5, 5.41) is 13.8. The fourth-order valence-electron chi connectivity index (χ4n) is 4.93. The van der Waals surface area contributed by atoms with Gasteiger partial charge in [0.05, 0.1) is 19.3 Å². The molecule has 12 heteroatoms. The Labute approximate surface area is 207 Å². The van der Waals surface area contributed by atoms with Crippen molar-refractivity contribution in [2.75, 3.05) is 19.8 Å². The summed E-state index contributed by atoms with van der Waals surface area (Å²) in [6.07, 6.45) is -0.823. The average Bonchev–Trinajstić information content (AvgIpc) is 3.59. The van der Waals surface area contributed by atoms with Crippen LogP contribution in [0.4, 0.5) is 0 Å². The van der Waals surface area contributed by atoms with Crippen molar-refractivity contribution in [3.63, 3.8) is 0 Å². The van der Waals surface area contributed by atoms with Gasteiger partial charge in [0, 0.05) is 11.8 Å². The zero-order chi connectivity index (χ0) is 25.0. The van der Waals surface area contributed by atoms with Crippen LogP contribution >= 0.6 is 11.3 Å². The molecule has 7 atom stereocenters. The van der Waals surface area contributed by atoms with Crippen LogP contribution in [0, 0.1) is 0 Å². The molecular weight excluding hydrogens is 480 g/mol. The predicted molar refractivity (Wildman–Crippen MR) is 121 cm³/mol. The first-order valence-corrected chi connectivity index (χ1v) is 12.6. The number of aliphatic hydroxyl groups is 1. The van der Waals surface area contributed by atoms with E-state index in [0.717, 1.165) is 0 Å². The summed E-state index contributed by atoms with van der Waals surface area (Å²) in [5.41, 5.74) is 0.211. The lowest BCUT2D eigenvalue weighted by molar-refractivity contribution is -0.294. The highest BCUT2D eigenvalue weighted by atomic mass is 32.1. The highest BCUT2D eigenvalue weighted by Crippen LogP contribution is 2.47. The molecular formula is C23H32N2O9S. The molecule has 0 saturated carbocycles. The number of ether oxygens (including phenoxy) is 6. The molecule has 0 spiro atoms. The van der Waals surface area contributed by atoms with E-state index < -0.39 is 48.2 Å². The van der Waals surface area contributed by atoms with Crippen LogP contribution in [0.2, 0.25) is 0 Å². The van der Waals surface area contributed by atoms with Gasteiger partial charge in [-0.3, -0.25) is 4.84 Å². The molecule has 1 aromatic rings. The van der Waals surface area contributed by atoms with Gasteiger partial charge >= 0.3 is 5.97 Å². The van der Waals surface area contributed by atoms with Crippen LogP contribution in [-0.2, 0) is 33.3 Å². The van der Waals surface area contributed by atoms with Crippen molar-refractivity contribution in [3.8, 4) is 0 Å². The Morgan fingerprint density at radius 2 is 2.03 bits per heavy atom. The molecule has 11 nitrogen and oxygen atoms in total. The summed E-state index contributed by atoms with van der Waals surface area (Å²) in [6.45, 7) is 11.3. The van der Waals surface area contributed by atoms with Crippen LogP contribution in [-0.4, -0.2) is 89.3 Å². The number of hydrogen-bond donors (Lipinski definition) is 1. The molecule has 4 aliphatic heterocycles. The van der Waals surface area contributed by atoms with E-state index in [9.17, 15) is 9.90 Å². The van der Waals surface area contributed by atoms with E-state index in [1.165, 1.54) is 17.4 Å². The Kier molecular flexibility index (Phi) is 6.79. The fourth-order valence-corrected chi connectivity index (χ4v) is 5.82. The van der Waals surface area contributed by atoms with Crippen molar-refractivity contribution in [2.24, 2.45) is 0 Å². The van der Waals surface area contributed by atoms with Crippen LogP contribution in [0.1, 0.15) is 55.7 Å². The Balaban J connectivity index is 1.40. The Morgan fingerprint density at radius 3 is 2.71 bits per heavy atom. The van der Waals surface area contributed by atoms with Crippen LogP contribution in [0.15, 0.2) is 18.0 Å². The van der Waals surface area contributed by atoms with Crippen molar-refractivity contribution < 1.29 is 43.2 Å². The van der Waals surface area contributed by atoms with Gasteiger partial charge in [-0.05, 0) is 27.7 Å². The van der Waals surface area contributed by atoms with E-state index in [4.69, 9.17) is 33.3 Å². The lowest BCUT2D eigenvalue weighted by Crippen LogP contribution is -2.43. The molecule has 0 radical (unpaired) electrons. The van der Waals surface area contributed by atoms with E-state index in [1.807, 2.05) is 27.7 Å². The molecule has 0 bridgehead atoms. The van der Waals surface area contributed by atoms with Gasteiger partial charge in [0.2, 0.25) is 0 Å². The van der Waals surface area contributed by atoms with E-state index in [0.29, 0.717) is 18.0 Å². The lowest BCUT2D eigenvalue weighted by atomic mass is 10.1. The summed E-state index contributed by atoms with van der Waals surface area (Å²) in [6, 6.07) is -0.369. The van der Waals surface area contributed by atoms with Gasteiger partial charge in [0.1, 0.15) is 42.1 Å². The second-order valence-corrected chi connectivity index (χ2v) is 10.8. The third kappa shape index (κ3) is 4.91. The van der Waals surface area contributed by atoms with Gasteiger partial charge in [0.25, 0.3) is 0 Å². The van der Waals surface area contributed by atoms with Gasteiger partial charge in [-0.15, -0.1) is 16.4 Å². The van der Waals surface area contributed by atoms with Crippen molar-refractivity contribution in [3.05, 3.63) is 28.7 Å². The lowest BCUT2D eigenvalue weighted by Gasteiger charge is -2.32. The third-order valence-corrected chi connectivity index (χ3v) is 7.27. The Morgan fingerprint density at radius 1 is 1.26 bits per heavy atom. The van der Waals surface area contributed by atoms with Crippen molar-refractivity contribution in [1.82, 2.24) is 10.0 Å². The number of hydrogen-bond acceptors (Lipinski definition) is 12. The molecule has 2 unspecified atom stereocenters. The van der Waals surface area contributed by atoms with E-state index in [2.05, 4.69) is 11.6 Å². The van der Waals surface area contributed by atoms with Gasteiger partial charge < -0.3 is 33.5 Å². The van der Waals surface area contributed by atoms with E-state index in [-0.39, 0.29) is 31.1 Å². The molecule has 4 aliphatic rings. The number of carbonyl (C=O) groups excluding carboxylic acids is 1. The highest BCUT2D eigenvalue weighted by Gasteiger charge is 2.62. The minimum atomic E-state index is -0.820. The number of fused-ring (bicyclic) bond motifs is 1.